The molecule has 4 heteroatoms. The Kier molecular flexibility index (Phi) is 20.0. The number of ether oxygens (including phenoxy) is 1. The molecule has 0 amide bonds. The first-order valence-electron chi connectivity index (χ1n) is 8.45. The van der Waals surface area contributed by atoms with Gasteiger partial charge in [-0.2, -0.15) is 0 Å². The molecule has 0 unspecified atom stereocenters. The Morgan fingerprint density at radius 2 is 1.24 bits per heavy atom. The minimum absolute atomic E-state index is 0.0472. The lowest BCUT2D eigenvalue weighted by atomic mass is 10.1. The molecule has 0 rings (SSSR count). The van der Waals surface area contributed by atoms with Crippen LogP contribution in [0.3, 0.4) is 0 Å². The fraction of sp³-hybridized carbons (Fsp3) is 0.882. The zero-order valence-electron chi connectivity index (χ0n) is 14.2. The second kappa shape index (κ2) is 18.9. The van der Waals surface area contributed by atoms with E-state index in [9.17, 15) is 9.59 Å². The summed E-state index contributed by atoms with van der Waals surface area (Å²) in [6.45, 7) is 6.65. The Morgan fingerprint density at radius 1 is 0.762 bits per heavy atom. The van der Waals surface area contributed by atoms with E-state index in [4.69, 9.17) is 9.84 Å². The number of carbonyl (C=O) groups excluding carboxylic acids is 1. The smallest absolute Gasteiger partial charge is 0.305 e. The lowest BCUT2D eigenvalue weighted by Gasteiger charge is -2.00. The lowest BCUT2D eigenvalue weighted by Crippen LogP contribution is -2.02. The van der Waals surface area contributed by atoms with Gasteiger partial charge in [-0.1, -0.05) is 58.8 Å². The van der Waals surface area contributed by atoms with Gasteiger partial charge in [0.1, 0.15) is 0 Å². The number of rotatable bonds is 12. The van der Waals surface area contributed by atoms with Crippen molar-refractivity contribution in [2.24, 2.45) is 0 Å². The van der Waals surface area contributed by atoms with Gasteiger partial charge in [0.15, 0.2) is 0 Å². The van der Waals surface area contributed by atoms with E-state index >= 15 is 0 Å². The molecule has 0 aromatic rings. The first kappa shape index (κ1) is 22.2. The molecule has 0 aliphatic heterocycles. The van der Waals surface area contributed by atoms with Crippen LogP contribution in [0.15, 0.2) is 0 Å². The van der Waals surface area contributed by atoms with Crippen LogP contribution >= 0.6 is 0 Å². The molecule has 1 N–H and O–H groups in total. The molecule has 126 valence electrons. The molecule has 0 aliphatic rings. The van der Waals surface area contributed by atoms with E-state index in [2.05, 4.69) is 13.8 Å². The summed E-state index contributed by atoms with van der Waals surface area (Å²) in [5, 5.41) is 8.21. The van der Waals surface area contributed by atoms with Crippen molar-refractivity contribution in [3.8, 4) is 0 Å². The summed E-state index contributed by atoms with van der Waals surface area (Å²) in [5.41, 5.74) is 0. The summed E-state index contributed by atoms with van der Waals surface area (Å²) in [6, 6.07) is 0. The van der Waals surface area contributed by atoms with Crippen molar-refractivity contribution in [2.75, 3.05) is 6.61 Å². The molecule has 0 saturated heterocycles. The zero-order valence-corrected chi connectivity index (χ0v) is 14.2. The molecule has 0 saturated carbocycles. The van der Waals surface area contributed by atoms with Gasteiger partial charge in [0.05, 0.1) is 6.61 Å². The van der Waals surface area contributed by atoms with E-state index in [-0.39, 0.29) is 5.97 Å². The monoisotopic (exact) mass is 302 g/mol. The maximum absolute atomic E-state index is 10.9. The van der Waals surface area contributed by atoms with Crippen molar-refractivity contribution in [3.63, 3.8) is 0 Å². The van der Waals surface area contributed by atoms with Crippen LogP contribution < -0.4 is 0 Å². The molecule has 0 atom stereocenters. The second-order valence-electron chi connectivity index (χ2n) is 5.17. The Balaban J connectivity index is 0. The minimum Gasteiger partial charge on any atom is -0.481 e. The lowest BCUT2D eigenvalue weighted by molar-refractivity contribution is -0.143. The highest BCUT2D eigenvalue weighted by Gasteiger charge is 1.99. The van der Waals surface area contributed by atoms with Gasteiger partial charge in [0, 0.05) is 12.8 Å². The van der Waals surface area contributed by atoms with Crippen LogP contribution in [0, 0.1) is 0 Å². The van der Waals surface area contributed by atoms with Gasteiger partial charge in [-0.25, -0.2) is 0 Å². The molecule has 0 heterocycles. The van der Waals surface area contributed by atoms with Gasteiger partial charge < -0.3 is 9.84 Å². The van der Waals surface area contributed by atoms with Crippen LogP contribution in [0.5, 0.6) is 0 Å². The Bertz CT molecular complexity index is 239. The summed E-state index contributed by atoms with van der Waals surface area (Å²) < 4.78 is 4.81. The Morgan fingerprint density at radius 3 is 1.71 bits per heavy atom. The van der Waals surface area contributed by atoms with Gasteiger partial charge in [-0.3, -0.25) is 9.59 Å². The zero-order chi connectivity index (χ0) is 16.3. The summed E-state index contributed by atoms with van der Waals surface area (Å²) in [7, 11) is 0. The normalized spacial score (nSPS) is 9.67. The number of hydrogen-bond donors (Lipinski definition) is 1. The van der Waals surface area contributed by atoms with Gasteiger partial charge in [0.2, 0.25) is 0 Å². The van der Waals surface area contributed by atoms with E-state index in [1.807, 2.05) is 6.92 Å². The topological polar surface area (TPSA) is 63.6 Å². The van der Waals surface area contributed by atoms with Crippen molar-refractivity contribution in [3.05, 3.63) is 0 Å². The molecule has 0 spiro atoms. The first-order chi connectivity index (χ1) is 10.1. The molecule has 4 nitrogen and oxygen atoms in total. The minimum atomic E-state index is -0.675. The molecular weight excluding hydrogens is 268 g/mol. The van der Waals surface area contributed by atoms with Crippen LogP contribution in [0.25, 0.3) is 0 Å². The maximum atomic E-state index is 10.9. The van der Waals surface area contributed by atoms with Crippen LogP contribution in [0.2, 0.25) is 0 Å². The van der Waals surface area contributed by atoms with Crippen LogP contribution in [-0.4, -0.2) is 23.7 Å². The molecule has 0 fully saturated rings. The number of carbonyl (C=O) groups is 2. The number of carboxylic acids is 1. The summed E-state index contributed by atoms with van der Waals surface area (Å²) >= 11 is 0. The molecule has 0 bridgehead atoms. The third-order valence-electron chi connectivity index (χ3n) is 3.03. The van der Waals surface area contributed by atoms with Crippen molar-refractivity contribution in [2.45, 2.75) is 91.4 Å². The summed E-state index contributed by atoms with van der Waals surface area (Å²) in [5.74, 6) is -0.722. The third-order valence-corrected chi connectivity index (χ3v) is 3.03. The number of hydrogen-bond acceptors (Lipinski definition) is 3. The van der Waals surface area contributed by atoms with Crippen molar-refractivity contribution < 1.29 is 19.4 Å². The highest BCUT2D eigenvalue weighted by atomic mass is 16.5. The Hall–Kier alpha value is -1.06. The maximum Gasteiger partial charge on any atom is 0.305 e. The van der Waals surface area contributed by atoms with Crippen molar-refractivity contribution in [1.29, 1.82) is 0 Å². The SMILES string of the molecule is CCCCCCC(=O)O.CCCCCCCC(=O)OCC. The number of carboxylic acid groups (broad SMARTS) is 1. The highest BCUT2D eigenvalue weighted by Crippen LogP contribution is 2.05. The van der Waals surface area contributed by atoms with Crippen LogP contribution in [0.4, 0.5) is 0 Å². The fourth-order valence-corrected chi connectivity index (χ4v) is 1.81. The largest absolute Gasteiger partial charge is 0.481 e. The van der Waals surface area contributed by atoms with E-state index < -0.39 is 5.97 Å². The highest BCUT2D eigenvalue weighted by molar-refractivity contribution is 5.69. The number of unbranched alkanes of at least 4 members (excludes halogenated alkanes) is 7. The fourth-order valence-electron chi connectivity index (χ4n) is 1.81. The molecule has 0 radical (unpaired) electrons. The predicted molar refractivity (Wildman–Crippen MR) is 86.4 cm³/mol. The van der Waals surface area contributed by atoms with E-state index in [0.29, 0.717) is 19.4 Å². The molecular formula is C17H34O4. The molecule has 0 aromatic carbocycles. The van der Waals surface area contributed by atoms with Crippen LogP contribution in [-0.2, 0) is 14.3 Å². The van der Waals surface area contributed by atoms with Crippen molar-refractivity contribution >= 4 is 11.9 Å². The van der Waals surface area contributed by atoms with E-state index in [0.717, 1.165) is 32.1 Å². The van der Waals surface area contributed by atoms with Gasteiger partial charge in [-0.05, 0) is 19.8 Å². The van der Waals surface area contributed by atoms with Crippen LogP contribution in [0.1, 0.15) is 91.4 Å². The predicted octanol–water partition coefficient (Wildman–Crippen LogP) is 4.95. The standard InChI is InChI=1S/C10H20O2.C7H14O2/c1-3-5-6-7-8-9-10(11)12-4-2;1-2-3-4-5-6-7(8)9/h3-9H2,1-2H3;2-6H2,1H3,(H,8,9). The average Bonchev–Trinajstić information content (AvgIpc) is 2.44. The van der Waals surface area contributed by atoms with E-state index in [1.54, 1.807) is 0 Å². The summed E-state index contributed by atoms with van der Waals surface area (Å²) in [6.07, 6.45) is 11.1. The summed E-state index contributed by atoms with van der Waals surface area (Å²) in [4.78, 5) is 20.8. The first-order valence-corrected chi connectivity index (χ1v) is 8.45. The second-order valence-corrected chi connectivity index (χ2v) is 5.17. The number of aliphatic carboxylic acids is 1. The third kappa shape index (κ3) is 24.4. The van der Waals surface area contributed by atoms with Gasteiger partial charge in [-0.15, -0.1) is 0 Å². The molecule has 21 heavy (non-hydrogen) atoms. The van der Waals surface area contributed by atoms with E-state index in [1.165, 1.54) is 25.7 Å². The molecule has 0 aromatic heterocycles. The quantitative estimate of drug-likeness (QED) is 0.409. The Labute approximate surface area is 130 Å². The average molecular weight is 302 g/mol. The van der Waals surface area contributed by atoms with Gasteiger partial charge in [0.25, 0.3) is 0 Å². The van der Waals surface area contributed by atoms with Crippen molar-refractivity contribution in [1.82, 2.24) is 0 Å². The number of esters is 1. The van der Waals surface area contributed by atoms with Gasteiger partial charge >= 0.3 is 11.9 Å². The molecule has 0 aliphatic carbocycles.